The molecular formula is C20H24ClN3O5S. The van der Waals surface area contributed by atoms with Gasteiger partial charge in [-0.15, -0.1) is 0 Å². The van der Waals surface area contributed by atoms with E-state index in [9.17, 15) is 18.0 Å². The lowest BCUT2D eigenvalue weighted by Gasteiger charge is -2.27. The number of nitrogens with one attached hydrogen (secondary N) is 1. The van der Waals surface area contributed by atoms with Crippen molar-refractivity contribution in [2.75, 3.05) is 23.4 Å². The molecule has 1 amide bonds. The summed E-state index contributed by atoms with van der Waals surface area (Å²) in [5.41, 5.74) is 1.50. The van der Waals surface area contributed by atoms with Gasteiger partial charge in [0.15, 0.2) is 6.61 Å². The fourth-order valence-electron chi connectivity index (χ4n) is 2.84. The van der Waals surface area contributed by atoms with E-state index in [0.29, 0.717) is 11.7 Å². The van der Waals surface area contributed by atoms with Crippen LogP contribution in [-0.4, -0.2) is 39.5 Å². The van der Waals surface area contributed by atoms with E-state index in [1.54, 1.807) is 12.1 Å². The number of hydrogen-bond donors (Lipinski definition) is 2. The van der Waals surface area contributed by atoms with Crippen LogP contribution in [0.25, 0.3) is 0 Å². The van der Waals surface area contributed by atoms with Crippen LogP contribution in [0.2, 0.25) is 5.02 Å². The van der Waals surface area contributed by atoms with E-state index >= 15 is 0 Å². The van der Waals surface area contributed by atoms with Crippen molar-refractivity contribution < 1.29 is 22.7 Å². The highest BCUT2D eigenvalue weighted by Gasteiger charge is 2.18. The molecule has 0 unspecified atom stereocenters. The van der Waals surface area contributed by atoms with E-state index in [-0.39, 0.29) is 10.6 Å². The predicted octanol–water partition coefficient (Wildman–Crippen LogP) is 3.02. The van der Waals surface area contributed by atoms with Crippen molar-refractivity contribution in [3.8, 4) is 0 Å². The molecule has 0 heterocycles. The van der Waals surface area contributed by atoms with Gasteiger partial charge in [-0.25, -0.2) is 18.4 Å². The molecule has 0 saturated carbocycles. The molecule has 2 aromatic rings. The smallest absolute Gasteiger partial charge is 0.338 e. The Hall–Kier alpha value is -2.62. The van der Waals surface area contributed by atoms with Crippen molar-refractivity contribution in [1.82, 2.24) is 0 Å². The van der Waals surface area contributed by atoms with Gasteiger partial charge in [0.05, 0.1) is 10.6 Å². The maximum Gasteiger partial charge on any atom is 0.338 e. The first kappa shape index (κ1) is 23.7. The Morgan fingerprint density at radius 3 is 2.33 bits per heavy atom. The fraction of sp³-hybridized carbons (Fsp3) is 0.300. The van der Waals surface area contributed by atoms with Gasteiger partial charge in [-0.05, 0) is 63.2 Å². The third kappa shape index (κ3) is 6.19. The third-order valence-corrected chi connectivity index (χ3v) is 5.65. The molecule has 10 heteroatoms. The molecule has 3 N–H and O–H groups in total. The van der Waals surface area contributed by atoms with Gasteiger partial charge in [0.25, 0.3) is 5.91 Å². The maximum absolute atomic E-state index is 12.1. The summed E-state index contributed by atoms with van der Waals surface area (Å²) in [6.07, 6.45) is 0. The first-order valence-electron chi connectivity index (χ1n) is 9.19. The number of hydrogen-bond acceptors (Lipinski definition) is 6. The van der Waals surface area contributed by atoms with E-state index in [0.717, 1.165) is 18.3 Å². The summed E-state index contributed by atoms with van der Waals surface area (Å²) < 4.78 is 27.9. The SMILES string of the molecule is CCN(c1ccc(NC(=O)COC(=O)c2ccc(Cl)c(S(N)(=O)=O)c2)cc1)C(C)C. The van der Waals surface area contributed by atoms with Crippen LogP contribution in [-0.2, 0) is 19.6 Å². The number of anilines is 2. The van der Waals surface area contributed by atoms with Gasteiger partial charge >= 0.3 is 5.97 Å². The van der Waals surface area contributed by atoms with Gasteiger partial charge in [-0.3, -0.25) is 4.79 Å². The van der Waals surface area contributed by atoms with E-state index in [1.807, 2.05) is 12.1 Å². The van der Waals surface area contributed by atoms with Crippen LogP contribution in [0.3, 0.4) is 0 Å². The van der Waals surface area contributed by atoms with Crippen molar-refractivity contribution in [3.63, 3.8) is 0 Å². The first-order chi connectivity index (χ1) is 14.0. The monoisotopic (exact) mass is 453 g/mol. The molecule has 0 aliphatic rings. The summed E-state index contributed by atoms with van der Waals surface area (Å²) >= 11 is 5.78. The van der Waals surface area contributed by atoms with Crippen LogP contribution in [0.15, 0.2) is 47.4 Å². The third-order valence-electron chi connectivity index (χ3n) is 4.25. The summed E-state index contributed by atoms with van der Waals surface area (Å²) in [6, 6.07) is 11.2. The minimum atomic E-state index is -4.10. The number of sulfonamides is 1. The molecular weight excluding hydrogens is 430 g/mol. The van der Waals surface area contributed by atoms with Gasteiger partial charge < -0.3 is 15.0 Å². The molecule has 0 bridgehead atoms. The summed E-state index contributed by atoms with van der Waals surface area (Å²) in [7, 11) is -4.10. The van der Waals surface area contributed by atoms with Crippen molar-refractivity contribution >= 4 is 44.9 Å². The molecule has 162 valence electrons. The number of carbonyl (C=O) groups is 2. The summed E-state index contributed by atoms with van der Waals surface area (Å²) in [5.74, 6) is -1.41. The van der Waals surface area contributed by atoms with Crippen molar-refractivity contribution in [2.45, 2.75) is 31.7 Å². The van der Waals surface area contributed by atoms with Crippen LogP contribution < -0.4 is 15.4 Å². The number of nitrogens with zero attached hydrogens (tertiary/aromatic N) is 1. The minimum Gasteiger partial charge on any atom is -0.452 e. The fourth-order valence-corrected chi connectivity index (χ4v) is 3.91. The molecule has 2 aromatic carbocycles. The summed E-state index contributed by atoms with van der Waals surface area (Å²) in [6.45, 7) is 6.58. The molecule has 0 radical (unpaired) electrons. The van der Waals surface area contributed by atoms with Crippen LogP contribution in [0, 0.1) is 0 Å². The molecule has 30 heavy (non-hydrogen) atoms. The predicted molar refractivity (Wildman–Crippen MR) is 116 cm³/mol. The Morgan fingerprint density at radius 2 is 1.80 bits per heavy atom. The lowest BCUT2D eigenvalue weighted by atomic mass is 10.2. The first-order valence-corrected chi connectivity index (χ1v) is 11.1. The summed E-state index contributed by atoms with van der Waals surface area (Å²) in [4.78, 5) is 26.0. The van der Waals surface area contributed by atoms with Crippen molar-refractivity contribution in [1.29, 1.82) is 0 Å². The molecule has 0 aromatic heterocycles. The van der Waals surface area contributed by atoms with Crippen molar-refractivity contribution in [2.24, 2.45) is 5.14 Å². The number of benzene rings is 2. The van der Waals surface area contributed by atoms with E-state index in [2.05, 4.69) is 31.0 Å². The number of amides is 1. The number of ether oxygens (including phenoxy) is 1. The highest BCUT2D eigenvalue weighted by molar-refractivity contribution is 7.89. The topological polar surface area (TPSA) is 119 Å². The average molecular weight is 454 g/mol. The quantitative estimate of drug-likeness (QED) is 0.593. The van der Waals surface area contributed by atoms with Crippen molar-refractivity contribution in [3.05, 3.63) is 53.1 Å². The molecule has 0 aliphatic carbocycles. The molecule has 0 saturated heterocycles. The number of carbonyl (C=O) groups excluding carboxylic acids is 2. The Balaban J connectivity index is 1.97. The zero-order chi connectivity index (χ0) is 22.5. The molecule has 0 fully saturated rings. The lowest BCUT2D eigenvalue weighted by molar-refractivity contribution is -0.119. The Morgan fingerprint density at radius 1 is 1.17 bits per heavy atom. The van der Waals surface area contributed by atoms with E-state index < -0.39 is 33.4 Å². The standard InChI is InChI=1S/C20H24ClN3O5S/c1-4-24(13(2)3)16-8-6-15(7-9-16)23-19(25)12-29-20(26)14-5-10-17(21)18(11-14)30(22,27)28/h5-11,13H,4,12H2,1-3H3,(H,23,25)(H2,22,27,28). The number of esters is 1. The molecule has 8 nitrogen and oxygen atoms in total. The number of halogens is 1. The van der Waals surface area contributed by atoms with Gasteiger partial charge in [0, 0.05) is 24.0 Å². The highest BCUT2D eigenvalue weighted by Crippen LogP contribution is 2.22. The largest absolute Gasteiger partial charge is 0.452 e. The lowest BCUT2D eigenvalue weighted by Crippen LogP contribution is -2.30. The van der Waals surface area contributed by atoms with Crippen LogP contribution in [0.1, 0.15) is 31.1 Å². The normalized spacial score (nSPS) is 11.3. The van der Waals surface area contributed by atoms with Gasteiger partial charge in [0.2, 0.25) is 10.0 Å². The minimum absolute atomic E-state index is 0.0890. The Bertz CT molecular complexity index is 1020. The zero-order valence-electron chi connectivity index (χ0n) is 16.9. The van der Waals surface area contributed by atoms with E-state index in [4.69, 9.17) is 21.5 Å². The van der Waals surface area contributed by atoms with Crippen LogP contribution in [0.4, 0.5) is 11.4 Å². The second-order valence-electron chi connectivity index (χ2n) is 6.74. The molecule has 2 rings (SSSR count). The van der Waals surface area contributed by atoms with Crippen LogP contribution in [0.5, 0.6) is 0 Å². The molecule has 0 atom stereocenters. The highest BCUT2D eigenvalue weighted by atomic mass is 35.5. The number of rotatable bonds is 8. The average Bonchev–Trinajstić information content (AvgIpc) is 2.67. The Labute approximate surface area is 181 Å². The maximum atomic E-state index is 12.1. The van der Waals surface area contributed by atoms with Crippen LogP contribution >= 0.6 is 11.6 Å². The van der Waals surface area contributed by atoms with Gasteiger partial charge in [-0.2, -0.15) is 0 Å². The van der Waals surface area contributed by atoms with Gasteiger partial charge in [-0.1, -0.05) is 11.6 Å². The van der Waals surface area contributed by atoms with E-state index in [1.165, 1.54) is 12.1 Å². The van der Waals surface area contributed by atoms with Gasteiger partial charge in [0.1, 0.15) is 4.90 Å². The Kier molecular flexibility index (Phi) is 7.83. The number of primary sulfonamides is 1. The second-order valence-corrected chi connectivity index (χ2v) is 8.68. The number of nitrogens with two attached hydrogens (primary N) is 1. The zero-order valence-corrected chi connectivity index (χ0v) is 18.5. The summed E-state index contributed by atoms with van der Waals surface area (Å²) in [5, 5.41) is 7.58. The molecule has 0 aliphatic heterocycles. The second kappa shape index (κ2) is 9.92. The molecule has 0 spiro atoms.